The van der Waals surface area contributed by atoms with E-state index in [0.29, 0.717) is 0 Å². The number of hydrogen-bond acceptors (Lipinski definition) is 3. The van der Waals surface area contributed by atoms with E-state index in [1.807, 2.05) is 18.2 Å². The zero-order chi connectivity index (χ0) is 14.8. The topological polar surface area (TPSA) is 25.2 Å². The first-order valence-electron chi connectivity index (χ1n) is 7.56. The lowest BCUT2D eigenvalue weighted by Crippen LogP contribution is -1.97. The van der Waals surface area contributed by atoms with Gasteiger partial charge in [0.15, 0.2) is 0 Å². The second kappa shape index (κ2) is 5.85. The Morgan fingerprint density at radius 2 is 1.91 bits per heavy atom. The summed E-state index contributed by atoms with van der Waals surface area (Å²) in [6.45, 7) is 0. The largest absolute Gasteiger partial charge is 0.251 e. The lowest BCUT2D eigenvalue weighted by molar-refractivity contribution is 1.04. The molecule has 2 nitrogen and oxygen atoms in total. The summed E-state index contributed by atoms with van der Waals surface area (Å²) in [6.07, 6.45) is 12.0. The van der Waals surface area contributed by atoms with Crippen LogP contribution in [0.25, 0.3) is 11.3 Å². The third-order valence-electron chi connectivity index (χ3n) is 3.86. The molecule has 0 radical (unpaired) electrons. The van der Waals surface area contributed by atoms with Gasteiger partial charge in [0.1, 0.15) is 5.01 Å². The number of rotatable bonds is 3. The van der Waals surface area contributed by atoms with Crippen molar-refractivity contribution in [2.24, 2.45) is 4.99 Å². The Balaban J connectivity index is 1.58. The van der Waals surface area contributed by atoms with E-state index in [2.05, 4.69) is 41.8 Å². The van der Waals surface area contributed by atoms with Gasteiger partial charge >= 0.3 is 0 Å². The van der Waals surface area contributed by atoms with Crippen LogP contribution in [-0.4, -0.2) is 10.7 Å². The number of aliphatic imine (C=N–C) groups is 1. The second-order valence-electron chi connectivity index (χ2n) is 5.40. The summed E-state index contributed by atoms with van der Waals surface area (Å²) >= 11 is 1.71. The van der Waals surface area contributed by atoms with Gasteiger partial charge in [0.25, 0.3) is 0 Å². The van der Waals surface area contributed by atoms with Gasteiger partial charge in [0.2, 0.25) is 0 Å². The predicted octanol–water partition coefficient (Wildman–Crippen LogP) is 5.11. The maximum absolute atomic E-state index is 4.78. The SMILES string of the molecule is C1=CC(c2nc(C3=NC(c4ccccc4)=CC3)cs2)=CCC1. The minimum absolute atomic E-state index is 0.863. The molecule has 3 heteroatoms. The van der Waals surface area contributed by atoms with Crippen molar-refractivity contribution in [3.8, 4) is 0 Å². The summed E-state index contributed by atoms with van der Waals surface area (Å²) in [5.74, 6) is 0. The third-order valence-corrected chi connectivity index (χ3v) is 4.75. The summed E-state index contributed by atoms with van der Waals surface area (Å²) in [5.41, 5.74) is 5.56. The molecule has 2 aromatic rings. The van der Waals surface area contributed by atoms with Crippen LogP contribution in [0.4, 0.5) is 0 Å². The van der Waals surface area contributed by atoms with Crippen LogP contribution in [0.2, 0.25) is 0 Å². The van der Waals surface area contributed by atoms with E-state index in [1.54, 1.807) is 11.3 Å². The molecule has 0 spiro atoms. The molecule has 0 saturated heterocycles. The van der Waals surface area contributed by atoms with Crippen LogP contribution >= 0.6 is 11.3 Å². The molecule has 0 fully saturated rings. The van der Waals surface area contributed by atoms with Crippen molar-refractivity contribution in [2.75, 3.05) is 0 Å². The van der Waals surface area contributed by atoms with Crippen molar-refractivity contribution in [1.82, 2.24) is 4.98 Å². The Morgan fingerprint density at radius 1 is 1.00 bits per heavy atom. The zero-order valence-corrected chi connectivity index (χ0v) is 13.0. The molecular weight excluding hydrogens is 288 g/mol. The molecule has 1 aromatic carbocycles. The van der Waals surface area contributed by atoms with Crippen molar-refractivity contribution in [3.05, 3.63) is 76.3 Å². The Hall–Kier alpha value is -2.26. The fraction of sp³-hybridized carbons (Fsp3) is 0.158. The van der Waals surface area contributed by atoms with Gasteiger partial charge in [0, 0.05) is 17.4 Å². The lowest BCUT2D eigenvalue weighted by Gasteiger charge is -2.02. The highest BCUT2D eigenvalue weighted by molar-refractivity contribution is 7.11. The number of allylic oxidation sites excluding steroid dienone is 5. The van der Waals surface area contributed by atoms with Crippen molar-refractivity contribution in [1.29, 1.82) is 0 Å². The number of benzene rings is 1. The monoisotopic (exact) mass is 304 g/mol. The molecule has 2 aliphatic rings. The summed E-state index contributed by atoms with van der Waals surface area (Å²) in [6, 6.07) is 10.3. The molecule has 4 rings (SSSR count). The first-order valence-corrected chi connectivity index (χ1v) is 8.44. The Bertz CT molecular complexity index is 807. The molecule has 0 bridgehead atoms. The fourth-order valence-corrected chi connectivity index (χ4v) is 3.54. The van der Waals surface area contributed by atoms with E-state index in [4.69, 9.17) is 9.98 Å². The van der Waals surface area contributed by atoms with Crippen LogP contribution in [0.5, 0.6) is 0 Å². The molecule has 0 amide bonds. The van der Waals surface area contributed by atoms with Gasteiger partial charge in [-0.1, -0.05) is 54.6 Å². The molecule has 0 atom stereocenters. The molecule has 2 heterocycles. The highest BCUT2D eigenvalue weighted by atomic mass is 32.1. The summed E-state index contributed by atoms with van der Waals surface area (Å²) in [4.78, 5) is 9.55. The van der Waals surface area contributed by atoms with Crippen LogP contribution in [-0.2, 0) is 0 Å². The molecule has 1 aliphatic heterocycles. The highest BCUT2D eigenvalue weighted by Crippen LogP contribution is 2.28. The Kier molecular flexibility index (Phi) is 3.57. The Morgan fingerprint density at radius 3 is 2.73 bits per heavy atom. The average molecular weight is 304 g/mol. The number of aromatic nitrogens is 1. The van der Waals surface area contributed by atoms with Gasteiger partial charge in [-0.2, -0.15) is 0 Å². The second-order valence-corrected chi connectivity index (χ2v) is 6.25. The fourth-order valence-electron chi connectivity index (χ4n) is 2.69. The van der Waals surface area contributed by atoms with Crippen LogP contribution in [0.1, 0.15) is 35.5 Å². The Labute approximate surface area is 134 Å². The van der Waals surface area contributed by atoms with E-state index in [9.17, 15) is 0 Å². The summed E-state index contributed by atoms with van der Waals surface area (Å²) in [7, 11) is 0. The van der Waals surface area contributed by atoms with Crippen LogP contribution in [0.3, 0.4) is 0 Å². The molecule has 22 heavy (non-hydrogen) atoms. The predicted molar refractivity (Wildman–Crippen MR) is 94.0 cm³/mol. The average Bonchev–Trinajstić information content (AvgIpc) is 3.26. The number of hydrogen-bond donors (Lipinski definition) is 0. The van der Waals surface area contributed by atoms with Gasteiger partial charge < -0.3 is 0 Å². The summed E-state index contributed by atoms with van der Waals surface area (Å²) in [5, 5.41) is 3.22. The highest BCUT2D eigenvalue weighted by Gasteiger charge is 2.16. The standard InChI is InChI=1S/C19H16N2S/c1-3-7-14(8-4-1)16-11-12-17(20-16)18-13-22-19(21-18)15-9-5-2-6-10-15/h1,3-5,7-11,13H,2,6,12H2. The van der Waals surface area contributed by atoms with E-state index >= 15 is 0 Å². The smallest absolute Gasteiger partial charge is 0.123 e. The normalized spacial score (nSPS) is 17.2. The van der Waals surface area contributed by atoms with E-state index < -0.39 is 0 Å². The van der Waals surface area contributed by atoms with Crippen molar-refractivity contribution in [3.63, 3.8) is 0 Å². The molecular formula is C19H16N2S. The van der Waals surface area contributed by atoms with E-state index in [1.165, 1.54) is 11.1 Å². The minimum atomic E-state index is 0.863. The maximum Gasteiger partial charge on any atom is 0.123 e. The van der Waals surface area contributed by atoms with Gasteiger partial charge in [-0.25, -0.2) is 4.98 Å². The molecule has 108 valence electrons. The molecule has 1 aliphatic carbocycles. The molecule has 0 N–H and O–H groups in total. The number of nitrogens with zero attached hydrogens (tertiary/aromatic N) is 2. The van der Waals surface area contributed by atoms with Crippen molar-refractivity contribution < 1.29 is 0 Å². The quantitative estimate of drug-likeness (QED) is 0.773. The first kappa shape index (κ1) is 13.4. The van der Waals surface area contributed by atoms with Gasteiger partial charge in [-0.3, -0.25) is 4.99 Å². The third kappa shape index (κ3) is 2.60. The van der Waals surface area contributed by atoms with Gasteiger partial charge in [-0.05, 0) is 18.4 Å². The minimum Gasteiger partial charge on any atom is -0.251 e. The zero-order valence-electron chi connectivity index (χ0n) is 12.2. The lowest BCUT2D eigenvalue weighted by atomic mass is 10.1. The van der Waals surface area contributed by atoms with Gasteiger partial charge in [0.05, 0.1) is 17.1 Å². The molecule has 0 unspecified atom stereocenters. The first-order chi connectivity index (χ1) is 10.9. The van der Waals surface area contributed by atoms with E-state index in [0.717, 1.165) is 41.4 Å². The van der Waals surface area contributed by atoms with Crippen LogP contribution < -0.4 is 0 Å². The van der Waals surface area contributed by atoms with E-state index in [-0.39, 0.29) is 0 Å². The van der Waals surface area contributed by atoms with Gasteiger partial charge in [-0.15, -0.1) is 11.3 Å². The van der Waals surface area contributed by atoms with Crippen molar-refractivity contribution in [2.45, 2.75) is 19.3 Å². The molecule has 0 saturated carbocycles. The van der Waals surface area contributed by atoms with Crippen LogP contribution in [0.15, 0.2) is 65.0 Å². The maximum atomic E-state index is 4.78. The summed E-state index contributed by atoms with van der Waals surface area (Å²) < 4.78 is 0. The van der Waals surface area contributed by atoms with Crippen molar-refractivity contribution >= 4 is 28.3 Å². The van der Waals surface area contributed by atoms with Crippen LogP contribution in [0, 0.1) is 0 Å². The number of thiazole rings is 1. The molecule has 1 aromatic heterocycles.